The Morgan fingerprint density at radius 1 is 1.37 bits per heavy atom. The van der Waals surface area contributed by atoms with E-state index >= 15 is 0 Å². The topological polar surface area (TPSA) is 55.8 Å². The molecule has 0 heterocycles. The minimum atomic E-state index is -1.01. The van der Waals surface area contributed by atoms with Gasteiger partial charge in [0.25, 0.3) is 0 Å². The number of halogens is 1. The molecule has 0 bridgehead atoms. The van der Waals surface area contributed by atoms with E-state index in [1.165, 1.54) is 6.08 Å². The van der Waals surface area contributed by atoms with Crippen LogP contribution in [0, 0.1) is 0 Å². The Bertz CT molecular complexity index is 469. The van der Waals surface area contributed by atoms with Crippen LogP contribution >= 0.6 is 11.6 Å². The highest BCUT2D eigenvalue weighted by Gasteiger charge is 2.11. The zero-order valence-electron chi connectivity index (χ0n) is 11.0. The molecule has 0 saturated carbocycles. The van der Waals surface area contributed by atoms with Crippen LogP contribution in [-0.2, 0) is 4.79 Å². The third-order valence-electron chi connectivity index (χ3n) is 2.20. The molecule has 1 aromatic rings. The molecular weight excluding hydrogens is 268 g/mol. The van der Waals surface area contributed by atoms with Crippen LogP contribution in [-0.4, -0.2) is 24.3 Å². The predicted octanol–water partition coefficient (Wildman–Crippen LogP) is 3.63. The third-order valence-corrected chi connectivity index (χ3v) is 2.48. The molecule has 0 fully saturated rings. The molecule has 1 aromatic carbocycles. The lowest BCUT2D eigenvalue weighted by atomic mass is 10.2. The summed E-state index contributed by atoms with van der Waals surface area (Å²) in [6, 6.07) is 3.36. The fourth-order valence-electron chi connectivity index (χ4n) is 1.46. The van der Waals surface area contributed by atoms with E-state index in [4.69, 9.17) is 26.2 Å². The van der Waals surface area contributed by atoms with Gasteiger partial charge in [0.05, 0.1) is 18.2 Å². The first-order chi connectivity index (χ1) is 9.08. The van der Waals surface area contributed by atoms with Crippen molar-refractivity contribution in [2.24, 2.45) is 0 Å². The predicted molar refractivity (Wildman–Crippen MR) is 75.1 cm³/mol. The number of carbonyl (C=O) groups is 1. The first-order valence-electron chi connectivity index (χ1n) is 6.08. The molecule has 5 heteroatoms. The molecule has 1 N–H and O–H groups in total. The van der Waals surface area contributed by atoms with E-state index in [9.17, 15) is 4.79 Å². The van der Waals surface area contributed by atoms with E-state index in [1.54, 1.807) is 12.1 Å². The number of carboxylic acids is 1. The molecule has 104 valence electrons. The Morgan fingerprint density at radius 2 is 2.11 bits per heavy atom. The van der Waals surface area contributed by atoms with Gasteiger partial charge in [-0.1, -0.05) is 18.5 Å². The Morgan fingerprint density at radius 3 is 2.68 bits per heavy atom. The number of carboxylic acid groups (broad SMARTS) is 1. The first-order valence-corrected chi connectivity index (χ1v) is 6.46. The monoisotopic (exact) mass is 284 g/mol. The normalized spacial score (nSPS) is 10.7. The van der Waals surface area contributed by atoms with Gasteiger partial charge in [-0.2, -0.15) is 0 Å². The zero-order chi connectivity index (χ0) is 14.3. The zero-order valence-corrected chi connectivity index (χ0v) is 11.7. The van der Waals surface area contributed by atoms with Crippen molar-refractivity contribution in [3.05, 3.63) is 28.8 Å². The van der Waals surface area contributed by atoms with Crippen molar-refractivity contribution in [1.82, 2.24) is 0 Å². The summed E-state index contributed by atoms with van der Waals surface area (Å²) in [7, 11) is 0. The molecule has 4 nitrogen and oxygen atoms in total. The van der Waals surface area contributed by atoms with Crippen LogP contribution < -0.4 is 9.47 Å². The third kappa shape index (κ3) is 4.83. The van der Waals surface area contributed by atoms with Crippen molar-refractivity contribution in [1.29, 1.82) is 0 Å². The van der Waals surface area contributed by atoms with Gasteiger partial charge in [0.1, 0.15) is 0 Å². The molecule has 0 aliphatic heterocycles. The summed E-state index contributed by atoms with van der Waals surface area (Å²) in [5, 5.41) is 9.02. The molecule has 0 saturated heterocycles. The number of hydrogen-bond acceptors (Lipinski definition) is 3. The molecule has 1 rings (SSSR count). The number of rotatable bonds is 7. The van der Waals surface area contributed by atoms with Gasteiger partial charge in [0, 0.05) is 6.08 Å². The minimum absolute atomic E-state index is 0.407. The van der Waals surface area contributed by atoms with Gasteiger partial charge in [-0.05, 0) is 37.1 Å². The molecule has 0 radical (unpaired) electrons. The highest BCUT2D eigenvalue weighted by Crippen LogP contribution is 2.37. The number of aliphatic carboxylic acids is 1. The Labute approximate surface area is 117 Å². The summed E-state index contributed by atoms with van der Waals surface area (Å²) in [4.78, 5) is 10.5. The first kappa shape index (κ1) is 15.4. The van der Waals surface area contributed by atoms with Crippen LogP contribution in [0.2, 0.25) is 5.02 Å². The summed E-state index contributed by atoms with van der Waals surface area (Å²) in [6.07, 6.45) is 3.37. The summed E-state index contributed by atoms with van der Waals surface area (Å²) in [6.45, 7) is 4.88. The number of hydrogen-bond donors (Lipinski definition) is 1. The Hall–Kier alpha value is -1.68. The van der Waals surface area contributed by atoms with Crippen LogP contribution in [0.4, 0.5) is 0 Å². The van der Waals surface area contributed by atoms with Crippen LogP contribution in [0.25, 0.3) is 6.08 Å². The van der Waals surface area contributed by atoms with Crippen molar-refractivity contribution in [3.63, 3.8) is 0 Å². The van der Waals surface area contributed by atoms with E-state index in [2.05, 4.69) is 0 Å². The molecular formula is C14H17ClO4. The van der Waals surface area contributed by atoms with Crippen LogP contribution in [0.5, 0.6) is 11.5 Å². The summed E-state index contributed by atoms with van der Waals surface area (Å²) < 4.78 is 11.0. The summed E-state index contributed by atoms with van der Waals surface area (Å²) >= 11 is 6.14. The van der Waals surface area contributed by atoms with Crippen molar-refractivity contribution in [2.75, 3.05) is 13.2 Å². The van der Waals surface area contributed by atoms with Crippen molar-refractivity contribution in [2.45, 2.75) is 20.3 Å². The SMILES string of the molecule is CCCOc1c(Cl)cc(C=CC(=O)O)cc1OCC. The summed E-state index contributed by atoms with van der Waals surface area (Å²) in [5.74, 6) is 0.00622. The fraction of sp³-hybridized carbons (Fsp3) is 0.357. The van der Waals surface area contributed by atoms with Gasteiger partial charge >= 0.3 is 5.97 Å². The molecule has 0 aliphatic rings. The molecule has 0 aliphatic carbocycles. The van der Waals surface area contributed by atoms with Gasteiger partial charge in [-0.3, -0.25) is 0 Å². The summed E-state index contributed by atoms with van der Waals surface area (Å²) in [5.41, 5.74) is 0.652. The highest BCUT2D eigenvalue weighted by atomic mass is 35.5. The maximum atomic E-state index is 10.5. The Kier molecular flexibility index (Phi) is 6.22. The smallest absolute Gasteiger partial charge is 0.328 e. The van der Waals surface area contributed by atoms with E-state index in [0.717, 1.165) is 12.5 Å². The number of benzene rings is 1. The molecule has 0 spiro atoms. The molecule has 0 unspecified atom stereocenters. The number of ether oxygens (including phenoxy) is 2. The fourth-order valence-corrected chi connectivity index (χ4v) is 1.73. The highest BCUT2D eigenvalue weighted by molar-refractivity contribution is 6.32. The van der Waals surface area contributed by atoms with E-state index < -0.39 is 5.97 Å². The quantitative estimate of drug-likeness (QED) is 0.777. The molecule has 0 atom stereocenters. The van der Waals surface area contributed by atoms with E-state index in [0.29, 0.717) is 35.3 Å². The average molecular weight is 285 g/mol. The lowest BCUT2D eigenvalue weighted by molar-refractivity contribution is -0.131. The standard InChI is InChI=1S/C14H17ClO4/c1-3-7-19-14-11(15)8-10(5-6-13(16)17)9-12(14)18-4-2/h5-6,8-9H,3-4,7H2,1-2H3,(H,16,17). The second kappa shape index (κ2) is 7.69. The maximum Gasteiger partial charge on any atom is 0.328 e. The minimum Gasteiger partial charge on any atom is -0.490 e. The Balaban J connectivity index is 3.08. The molecule has 19 heavy (non-hydrogen) atoms. The van der Waals surface area contributed by atoms with Gasteiger partial charge in [0.2, 0.25) is 0 Å². The second-order valence-electron chi connectivity index (χ2n) is 3.78. The average Bonchev–Trinajstić information content (AvgIpc) is 2.36. The maximum absolute atomic E-state index is 10.5. The van der Waals surface area contributed by atoms with Crippen molar-refractivity contribution >= 4 is 23.6 Å². The van der Waals surface area contributed by atoms with Gasteiger partial charge in [-0.15, -0.1) is 0 Å². The lowest BCUT2D eigenvalue weighted by Gasteiger charge is -2.13. The van der Waals surface area contributed by atoms with Crippen LogP contribution in [0.15, 0.2) is 18.2 Å². The van der Waals surface area contributed by atoms with E-state index in [-0.39, 0.29) is 0 Å². The molecule has 0 amide bonds. The van der Waals surface area contributed by atoms with Gasteiger partial charge < -0.3 is 14.6 Å². The van der Waals surface area contributed by atoms with Gasteiger partial charge in [0.15, 0.2) is 11.5 Å². The lowest BCUT2D eigenvalue weighted by Crippen LogP contribution is -2.01. The molecule has 0 aromatic heterocycles. The van der Waals surface area contributed by atoms with Crippen molar-refractivity contribution in [3.8, 4) is 11.5 Å². The van der Waals surface area contributed by atoms with Crippen LogP contribution in [0.1, 0.15) is 25.8 Å². The second-order valence-corrected chi connectivity index (χ2v) is 4.19. The van der Waals surface area contributed by atoms with E-state index in [1.807, 2.05) is 13.8 Å². The van der Waals surface area contributed by atoms with Crippen LogP contribution in [0.3, 0.4) is 0 Å². The van der Waals surface area contributed by atoms with Gasteiger partial charge in [-0.25, -0.2) is 4.79 Å². The van der Waals surface area contributed by atoms with Crippen molar-refractivity contribution < 1.29 is 19.4 Å². The largest absolute Gasteiger partial charge is 0.490 e.